The normalized spacial score (nSPS) is 22.5. The Morgan fingerprint density at radius 2 is 2.12 bits per heavy atom. The monoisotopic (exact) mass is 253 g/mol. The number of hydrogen-bond donors (Lipinski definition) is 1. The van der Waals surface area contributed by atoms with Crippen LogP contribution in [0, 0.1) is 0 Å². The van der Waals surface area contributed by atoms with Gasteiger partial charge >= 0.3 is 0 Å². The van der Waals surface area contributed by atoms with Gasteiger partial charge in [-0.3, -0.25) is 0 Å². The first kappa shape index (κ1) is 12.5. The number of anilines is 2. The molecule has 1 heterocycles. The van der Waals surface area contributed by atoms with E-state index in [1.165, 1.54) is 6.42 Å². The summed E-state index contributed by atoms with van der Waals surface area (Å²) in [7, 11) is 2.17. The van der Waals surface area contributed by atoms with Gasteiger partial charge in [0, 0.05) is 24.2 Å². The summed E-state index contributed by atoms with van der Waals surface area (Å²) in [6, 6.07) is 6.25. The molecule has 0 radical (unpaired) electrons. The highest BCUT2D eigenvalue weighted by Crippen LogP contribution is 2.29. The van der Waals surface area contributed by atoms with Gasteiger partial charge in [-0.2, -0.15) is 0 Å². The van der Waals surface area contributed by atoms with Crippen LogP contribution >= 0.6 is 11.6 Å². The Hall–Kier alpha value is -0.930. The van der Waals surface area contributed by atoms with E-state index in [4.69, 9.17) is 17.3 Å². The second-order valence-corrected chi connectivity index (χ2v) is 5.30. The largest absolute Gasteiger partial charge is 0.397 e. The standard InChI is InChI=1S/C13H20ClN3/c1-10-9-16(2)6-3-7-17(10)13-5-4-11(14)8-12(13)15/h4-5,8,10H,3,6-7,9,15H2,1-2H3. The quantitative estimate of drug-likeness (QED) is 0.781. The van der Waals surface area contributed by atoms with Crippen molar-refractivity contribution in [3.63, 3.8) is 0 Å². The van der Waals surface area contributed by atoms with E-state index in [1.807, 2.05) is 18.2 Å². The number of rotatable bonds is 1. The van der Waals surface area contributed by atoms with Gasteiger partial charge < -0.3 is 15.5 Å². The summed E-state index contributed by atoms with van der Waals surface area (Å²) in [5.74, 6) is 0. The lowest BCUT2D eigenvalue weighted by Gasteiger charge is -2.31. The molecule has 4 heteroatoms. The highest BCUT2D eigenvalue weighted by Gasteiger charge is 2.21. The predicted octanol–water partition coefficient (Wildman–Crippen LogP) is 2.45. The minimum Gasteiger partial charge on any atom is -0.397 e. The zero-order chi connectivity index (χ0) is 12.4. The maximum atomic E-state index is 6.06. The molecule has 1 aromatic carbocycles. The van der Waals surface area contributed by atoms with Crippen LogP contribution in [0.1, 0.15) is 13.3 Å². The van der Waals surface area contributed by atoms with E-state index in [9.17, 15) is 0 Å². The van der Waals surface area contributed by atoms with E-state index < -0.39 is 0 Å². The average molecular weight is 254 g/mol. The van der Waals surface area contributed by atoms with Crippen molar-refractivity contribution >= 4 is 23.0 Å². The third-order valence-corrected chi connectivity index (χ3v) is 3.58. The van der Waals surface area contributed by atoms with Crippen LogP contribution in [0.4, 0.5) is 11.4 Å². The van der Waals surface area contributed by atoms with Crippen molar-refractivity contribution in [2.24, 2.45) is 0 Å². The SMILES string of the molecule is CC1CN(C)CCCN1c1ccc(Cl)cc1N. The molecule has 0 bridgehead atoms. The fraction of sp³-hybridized carbons (Fsp3) is 0.538. The molecule has 0 aromatic heterocycles. The zero-order valence-corrected chi connectivity index (χ0v) is 11.2. The first-order valence-corrected chi connectivity index (χ1v) is 6.46. The number of likely N-dealkylation sites (N-methyl/N-ethyl adjacent to an activating group) is 1. The lowest BCUT2D eigenvalue weighted by atomic mass is 10.2. The molecule has 0 amide bonds. The van der Waals surface area contributed by atoms with Crippen LogP contribution in [0.2, 0.25) is 5.02 Å². The van der Waals surface area contributed by atoms with E-state index in [1.54, 1.807) is 0 Å². The van der Waals surface area contributed by atoms with Crippen molar-refractivity contribution in [1.29, 1.82) is 0 Å². The molecule has 2 rings (SSSR count). The van der Waals surface area contributed by atoms with Crippen molar-refractivity contribution < 1.29 is 0 Å². The molecular weight excluding hydrogens is 234 g/mol. The van der Waals surface area contributed by atoms with Gasteiger partial charge in [0.25, 0.3) is 0 Å². The lowest BCUT2D eigenvalue weighted by Crippen LogP contribution is -2.38. The maximum Gasteiger partial charge on any atom is 0.0603 e. The fourth-order valence-corrected chi connectivity index (χ4v) is 2.70. The molecule has 1 saturated heterocycles. The molecule has 0 saturated carbocycles. The molecule has 1 aliphatic rings. The molecule has 0 aliphatic carbocycles. The highest BCUT2D eigenvalue weighted by molar-refractivity contribution is 6.31. The first-order chi connectivity index (χ1) is 8.08. The fourth-order valence-electron chi connectivity index (χ4n) is 2.52. The third kappa shape index (κ3) is 2.85. The van der Waals surface area contributed by atoms with E-state index in [0.717, 1.165) is 31.0 Å². The van der Waals surface area contributed by atoms with Gasteiger partial charge in [-0.1, -0.05) is 11.6 Å². The average Bonchev–Trinajstić information content (AvgIpc) is 2.40. The van der Waals surface area contributed by atoms with E-state index in [-0.39, 0.29) is 0 Å². The first-order valence-electron chi connectivity index (χ1n) is 6.08. The zero-order valence-electron chi connectivity index (χ0n) is 10.5. The number of hydrogen-bond acceptors (Lipinski definition) is 3. The van der Waals surface area contributed by atoms with Crippen LogP contribution < -0.4 is 10.6 Å². The van der Waals surface area contributed by atoms with E-state index >= 15 is 0 Å². The highest BCUT2D eigenvalue weighted by atomic mass is 35.5. The molecule has 1 fully saturated rings. The van der Waals surface area contributed by atoms with Crippen LogP contribution in [0.3, 0.4) is 0 Å². The predicted molar refractivity (Wildman–Crippen MR) is 74.8 cm³/mol. The number of nitrogens with two attached hydrogens (primary N) is 1. The van der Waals surface area contributed by atoms with Gasteiger partial charge in [0.1, 0.15) is 0 Å². The van der Waals surface area contributed by atoms with Gasteiger partial charge in [-0.25, -0.2) is 0 Å². The number of halogens is 1. The van der Waals surface area contributed by atoms with Gasteiger partial charge in [0.15, 0.2) is 0 Å². The minimum absolute atomic E-state index is 0.478. The Labute approximate surface area is 108 Å². The topological polar surface area (TPSA) is 32.5 Å². The molecule has 17 heavy (non-hydrogen) atoms. The second-order valence-electron chi connectivity index (χ2n) is 4.86. The summed E-state index contributed by atoms with van der Waals surface area (Å²) in [6.07, 6.45) is 1.17. The minimum atomic E-state index is 0.478. The Morgan fingerprint density at radius 1 is 1.35 bits per heavy atom. The molecule has 2 N–H and O–H groups in total. The molecule has 94 valence electrons. The lowest BCUT2D eigenvalue weighted by molar-refractivity contribution is 0.337. The Bertz CT molecular complexity index is 394. The molecule has 1 atom stereocenters. The van der Waals surface area contributed by atoms with Crippen molar-refractivity contribution in [3.8, 4) is 0 Å². The summed E-state index contributed by atoms with van der Waals surface area (Å²) < 4.78 is 0. The smallest absolute Gasteiger partial charge is 0.0603 e. The van der Waals surface area contributed by atoms with Crippen molar-refractivity contribution in [2.75, 3.05) is 37.3 Å². The molecule has 1 aromatic rings. The molecule has 0 spiro atoms. The maximum absolute atomic E-state index is 6.06. The van der Waals surface area contributed by atoms with Crippen LogP contribution in [-0.4, -0.2) is 37.6 Å². The molecular formula is C13H20ClN3. The van der Waals surface area contributed by atoms with Gasteiger partial charge in [-0.05, 0) is 45.1 Å². The van der Waals surface area contributed by atoms with Crippen molar-refractivity contribution in [3.05, 3.63) is 23.2 Å². The van der Waals surface area contributed by atoms with Gasteiger partial charge in [-0.15, -0.1) is 0 Å². The Kier molecular flexibility index (Phi) is 3.79. The van der Waals surface area contributed by atoms with Gasteiger partial charge in [0.2, 0.25) is 0 Å². The molecule has 3 nitrogen and oxygen atoms in total. The second kappa shape index (κ2) is 5.15. The number of nitrogen functional groups attached to an aromatic ring is 1. The summed E-state index contributed by atoms with van der Waals surface area (Å²) in [5.41, 5.74) is 7.94. The Balaban J connectivity index is 2.25. The van der Waals surface area contributed by atoms with Crippen LogP contribution in [0.25, 0.3) is 0 Å². The summed E-state index contributed by atoms with van der Waals surface area (Å²) in [6.45, 7) is 5.52. The summed E-state index contributed by atoms with van der Waals surface area (Å²) in [4.78, 5) is 4.76. The van der Waals surface area contributed by atoms with Crippen LogP contribution in [-0.2, 0) is 0 Å². The molecule has 1 unspecified atom stereocenters. The Morgan fingerprint density at radius 3 is 2.82 bits per heavy atom. The summed E-state index contributed by atoms with van der Waals surface area (Å²) in [5, 5.41) is 0.700. The van der Waals surface area contributed by atoms with E-state index in [2.05, 4.69) is 23.8 Å². The molecule has 1 aliphatic heterocycles. The van der Waals surface area contributed by atoms with Crippen molar-refractivity contribution in [2.45, 2.75) is 19.4 Å². The van der Waals surface area contributed by atoms with Gasteiger partial charge in [0.05, 0.1) is 11.4 Å². The van der Waals surface area contributed by atoms with Crippen molar-refractivity contribution in [1.82, 2.24) is 4.90 Å². The van der Waals surface area contributed by atoms with Crippen LogP contribution in [0.15, 0.2) is 18.2 Å². The third-order valence-electron chi connectivity index (χ3n) is 3.35. The summed E-state index contributed by atoms with van der Waals surface area (Å²) >= 11 is 5.94. The number of benzene rings is 1. The number of nitrogens with zero attached hydrogens (tertiary/aromatic N) is 2. The van der Waals surface area contributed by atoms with E-state index in [0.29, 0.717) is 11.1 Å². The van der Waals surface area contributed by atoms with Crippen LogP contribution in [0.5, 0.6) is 0 Å².